The fourth-order valence-corrected chi connectivity index (χ4v) is 2.98. The monoisotopic (exact) mass is 374 g/mol. The van der Waals surface area contributed by atoms with Gasteiger partial charge in [0.1, 0.15) is 5.75 Å². The molecule has 0 heterocycles. The summed E-state index contributed by atoms with van der Waals surface area (Å²) in [6.07, 6.45) is 1.62. The van der Waals surface area contributed by atoms with Gasteiger partial charge in [0, 0.05) is 18.7 Å². The Morgan fingerprint density at radius 2 is 1.69 bits per heavy atom. The van der Waals surface area contributed by atoms with Crippen molar-refractivity contribution in [1.29, 1.82) is 0 Å². The first-order valence-electron chi connectivity index (χ1n) is 8.48. The molecule has 0 aromatic heterocycles. The molecule has 2 N–H and O–H groups in total. The molecule has 138 valence electrons. The van der Waals surface area contributed by atoms with Gasteiger partial charge < -0.3 is 15.4 Å². The zero-order valence-corrected chi connectivity index (χ0v) is 16.2. The number of aryl methyl sites for hydroxylation is 2. The third-order valence-corrected chi connectivity index (χ3v) is 4.39. The van der Waals surface area contributed by atoms with Crippen LogP contribution in [0.3, 0.4) is 0 Å². The van der Waals surface area contributed by atoms with E-state index in [-0.39, 0.29) is 16.8 Å². The number of anilines is 2. The molecule has 2 aromatic rings. The van der Waals surface area contributed by atoms with E-state index in [9.17, 15) is 9.59 Å². The Labute approximate surface area is 158 Å². The maximum absolute atomic E-state index is 12.9. The van der Waals surface area contributed by atoms with Gasteiger partial charge in [-0.05, 0) is 30.0 Å². The Morgan fingerprint density at radius 1 is 1.08 bits per heavy atom. The number of halogens is 1. The van der Waals surface area contributed by atoms with Crippen LogP contribution in [0, 0.1) is 0 Å². The SMILES string of the molecule is CCc1cccc(CC)c1NC(=O)c1cc(Cl)c(NC(C)=O)cc1OC. The average molecular weight is 375 g/mol. The van der Waals surface area contributed by atoms with Gasteiger partial charge in [-0.15, -0.1) is 0 Å². The zero-order chi connectivity index (χ0) is 19.3. The summed E-state index contributed by atoms with van der Waals surface area (Å²) < 4.78 is 5.32. The minimum absolute atomic E-state index is 0.254. The summed E-state index contributed by atoms with van der Waals surface area (Å²) in [5, 5.41) is 5.88. The molecule has 0 spiro atoms. The molecule has 0 saturated carbocycles. The van der Waals surface area contributed by atoms with E-state index in [1.165, 1.54) is 20.1 Å². The summed E-state index contributed by atoms with van der Waals surface area (Å²) in [7, 11) is 1.47. The average Bonchev–Trinajstić information content (AvgIpc) is 2.62. The van der Waals surface area contributed by atoms with Crippen molar-refractivity contribution < 1.29 is 14.3 Å². The highest BCUT2D eigenvalue weighted by Crippen LogP contribution is 2.32. The molecular weight excluding hydrogens is 352 g/mol. The van der Waals surface area contributed by atoms with Crippen LogP contribution in [0.1, 0.15) is 42.3 Å². The number of hydrogen-bond donors (Lipinski definition) is 2. The van der Waals surface area contributed by atoms with Crippen molar-refractivity contribution in [3.05, 3.63) is 52.0 Å². The van der Waals surface area contributed by atoms with Crippen LogP contribution in [0.15, 0.2) is 30.3 Å². The molecule has 0 aliphatic heterocycles. The number of para-hydroxylation sites is 1. The van der Waals surface area contributed by atoms with Gasteiger partial charge >= 0.3 is 0 Å². The van der Waals surface area contributed by atoms with Crippen molar-refractivity contribution in [2.45, 2.75) is 33.6 Å². The number of hydrogen-bond acceptors (Lipinski definition) is 3. The molecule has 0 aliphatic rings. The van der Waals surface area contributed by atoms with E-state index in [0.29, 0.717) is 17.0 Å². The number of carbonyl (C=O) groups is 2. The van der Waals surface area contributed by atoms with Crippen LogP contribution in [-0.4, -0.2) is 18.9 Å². The first kappa shape index (κ1) is 19.8. The lowest BCUT2D eigenvalue weighted by Crippen LogP contribution is -2.16. The highest BCUT2D eigenvalue weighted by atomic mass is 35.5. The molecule has 6 heteroatoms. The summed E-state index contributed by atoms with van der Waals surface area (Å²) in [6.45, 7) is 5.48. The van der Waals surface area contributed by atoms with Crippen molar-refractivity contribution >= 4 is 34.8 Å². The van der Waals surface area contributed by atoms with Crippen LogP contribution in [0.4, 0.5) is 11.4 Å². The molecule has 0 unspecified atom stereocenters. The smallest absolute Gasteiger partial charge is 0.259 e. The summed E-state index contributed by atoms with van der Waals surface area (Å²) in [6, 6.07) is 9.04. The van der Waals surface area contributed by atoms with Crippen molar-refractivity contribution in [1.82, 2.24) is 0 Å². The minimum atomic E-state index is -0.311. The predicted molar refractivity (Wildman–Crippen MR) is 105 cm³/mol. The van der Waals surface area contributed by atoms with E-state index in [1.54, 1.807) is 6.07 Å². The Morgan fingerprint density at radius 3 is 2.19 bits per heavy atom. The van der Waals surface area contributed by atoms with Gasteiger partial charge in [0.25, 0.3) is 5.91 Å². The minimum Gasteiger partial charge on any atom is -0.496 e. The lowest BCUT2D eigenvalue weighted by molar-refractivity contribution is -0.114. The largest absolute Gasteiger partial charge is 0.496 e. The Balaban J connectivity index is 2.42. The molecule has 2 aromatic carbocycles. The number of carbonyl (C=O) groups excluding carboxylic acids is 2. The maximum atomic E-state index is 12.9. The number of methoxy groups -OCH3 is 1. The second-order valence-corrected chi connectivity index (χ2v) is 6.23. The van der Waals surface area contributed by atoms with Gasteiger partial charge in [0.05, 0.1) is 23.4 Å². The van der Waals surface area contributed by atoms with Gasteiger partial charge in [-0.25, -0.2) is 0 Å². The van der Waals surface area contributed by atoms with Crippen LogP contribution in [0.2, 0.25) is 5.02 Å². The fourth-order valence-electron chi connectivity index (χ4n) is 2.77. The van der Waals surface area contributed by atoms with Gasteiger partial charge in [-0.3, -0.25) is 9.59 Å². The quantitative estimate of drug-likeness (QED) is 0.771. The Hall–Kier alpha value is -2.53. The Bertz CT molecular complexity index is 812. The lowest BCUT2D eigenvalue weighted by Gasteiger charge is -2.16. The highest BCUT2D eigenvalue weighted by Gasteiger charge is 2.18. The van der Waals surface area contributed by atoms with Gasteiger partial charge in [-0.1, -0.05) is 43.6 Å². The first-order chi connectivity index (χ1) is 12.4. The normalized spacial score (nSPS) is 10.3. The van der Waals surface area contributed by atoms with Gasteiger partial charge in [0.2, 0.25) is 5.91 Å². The molecule has 2 amide bonds. The standard InChI is InChI=1S/C20H23ClN2O3/c1-5-13-8-7-9-14(6-2)19(13)23-20(25)15-10-16(21)17(22-12(3)24)11-18(15)26-4/h7-11H,5-6H2,1-4H3,(H,22,24)(H,23,25). The van der Waals surface area contributed by atoms with Crippen molar-refractivity contribution in [3.63, 3.8) is 0 Å². The fraction of sp³-hybridized carbons (Fsp3) is 0.300. The number of rotatable bonds is 6. The molecule has 0 saturated heterocycles. The first-order valence-corrected chi connectivity index (χ1v) is 8.86. The molecule has 0 fully saturated rings. The molecular formula is C20H23ClN2O3. The van der Waals surface area contributed by atoms with Crippen LogP contribution >= 0.6 is 11.6 Å². The Kier molecular flexibility index (Phi) is 6.64. The van der Waals surface area contributed by atoms with Crippen molar-refractivity contribution in [2.24, 2.45) is 0 Å². The van der Waals surface area contributed by atoms with E-state index in [2.05, 4.69) is 10.6 Å². The summed E-state index contributed by atoms with van der Waals surface area (Å²) >= 11 is 6.22. The van der Waals surface area contributed by atoms with Crippen LogP contribution in [-0.2, 0) is 17.6 Å². The number of nitrogens with one attached hydrogen (secondary N) is 2. The second kappa shape index (κ2) is 8.72. The van der Waals surface area contributed by atoms with E-state index < -0.39 is 0 Å². The van der Waals surface area contributed by atoms with E-state index in [0.717, 1.165) is 29.7 Å². The van der Waals surface area contributed by atoms with Crippen LogP contribution in [0.5, 0.6) is 5.75 Å². The molecule has 5 nitrogen and oxygen atoms in total. The third-order valence-electron chi connectivity index (χ3n) is 4.08. The second-order valence-electron chi connectivity index (χ2n) is 5.83. The number of amides is 2. The summed E-state index contributed by atoms with van der Waals surface area (Å²) in [5.74, 6) is -0.230. The van der Waals surface area contributed by atoms with Crippen LogP contribution < -0.4 is 15.4 Å². The van der Waals surface area contributed by atoms with Gasteiger partial charge in [0.15, 0.2) is 0 Å². The topological polar surface area (TPSA) is 67.4 Å². The number of ether oxygens (including phenoxy) is 1. The van der Waals surface area contributed by atoms with E-state index in [4.69, 9.17) is 16.3 Å². The molecule has 0 atom stereocenters. The summed E-state index contributed by atoms with van der Waals surface area (Å²) in [4.78, 5) is 24.2. The number of benzene rings is 2. The molecule has 0 aliphatic carbocycles. The predicted octanol–water partition coefficient (Wildman–Crippen LogP) is 4.68. The maximum Gasteiger partial charge on any atom is 0.259 e. The highest BCUT2D eigenvalue weighted by molar-refractivity contribution is 6.34. The zero-order valence-electron chi connectivity index (χ0n) is 15.4. The third kappa shape index (κ3) is 4.35. The molecule has 26 heavy (non-hydrogen) atoms. The molecule has 0 bridgehead atoms. The molecule has 0 radical (unpaired) electrons. The lowest BCUT2D eigenvalue weighted by atomic mass is 10.0. The van der Waals surface area contributed by atoms with Crippen molar-refractivity contribution in [2.75, 3.05) is 17.7 Å². The summed E-state index contributed by atoms with van der Waals surface area (Å²) in [5.41, 5.74) is 3.66. The van der Waals surface area contributed by atoms with E-state index in [1.807, 2.05) is 32.0 Å². The van der Waals surface area contributed by atoms with Gasteiger partial charge in [-0.2, -0.15) is 0 Å². The van der Waals surface area contributed by atoms with E-state index >= 15 is 0 Å². The molecule has 2 rings (SSSR count). The van der Waals surface area contributed by atoms with Crippen LogP contribution in [0.25, 0.3) is 0 Å². The van der Waals surface area contributed by atoms with Crippen molar-refractivity contribution in [3.8, 4) is 5.75 Å².